The highest BCUT2D eigenvalue weighted by molar-refractivity contribution is 7.13. The summed E-state index contributed by atoms with van der Waals surface area (Å²) in [5.74, 6) is -0.339. The molecule has 2 atom stereocenters. The number of pyridine rings is 1. The maximum Gasteiger partial charge on any atom is 0.306 e. The molecule has 1 fully saturated rings. The topological polar surface area (TPSA) is 79.7 Å². The summed E-state index contributed by atoms with van der Waals surface area (Å²) in [6, 6.07) is 5.68. The van der Waals surface area contributed by atoms with E-state index in [-0.39, 0.29) is 18.6 Å². The molecular weight excluding hydrogens is 326 g/mol. The highest BCUT2D eigenvalue weighted by Gasteiger charge is 2.28. The van der Waals surface area contributed by atoms with E-state index in [0.717, 1.165) is 41.1 Å². The summed E-state index contributed by atoms with van der Waals surface area (Å²) < 4.78 is 6.02. The van der Waals surface area contributed by atoms with Crippen molar-refractivity contribution < 1.29 is 19.7 Å². The molecule has 1 aliphatic carbocycles. The number of aliphatic hydroxyl groups is 1. The average Bonchev–Trinajstić information content (AvgIpc) is 3.05. The lowest BCUT2D eigenvalue weighted by Crippen LogP contribution is -2.29. The van der Waals surface area contributed by atoms with Gasteiger partial charge in [-0.2, -0.15) is 0 Å². The molecule has 0 bridgehead atoms. The number of aromatic nitrogens is 1. The third-order valence-electron chi connectivity index (χ3n) is 4.46. The summed E-state index contributed by atoms with van der Waals surface area (Å²) in [4.78, 5) is 16.7. The number of carboxylic acids is 1. The highest BCUT2D eigenvalue weighted by atomic mass is 32.1. The number of nitrogens with zero attached hydrogens (tertiary/aromatic N) is 1. The maximum absolute atomic E-state index is 11.2. The molecular formula is C18H21NO4S. The lowest BCUT2D eigenvalue weighted by Gasteiger charge is -2.27. The number of carboxylic acid groups (broad SMARTS) is 1. The summed E-state index contributed by atoms with van der Waals surface area (Å²) in [5.41, 5.74) is 2.48. The van der Waals surface area contributed by atoms with E-state index in [4.69, 9.17) is 4.74 Å². The van der Waals surface area contributed by atoms with Gasteiger partial charge < -0.3 is 14.9 Å². The first-order valence-corrected chi connectivity index (χ1v) is 9.01. The third kappa shape index (κ3) is 3.60. The fraction of sp³-hybridized carbons (Fsp3) is 0.444. The summed E-state index contributed by atoms with van der Waals surface area (Å²) in [7, 11) is 0. The number of thiophene rings is 1. The Kier molecular flexibility index (Phi) is 5.16. The predicted molar refractivity (Wildman–Crippen MR) is 92.2 cm³/mol. The molecule has 5 nitrogen and oxygen atoms in total. The number of ether oxygens (including phenoxy) is 1. The van der Waals surface area contributed by atoms with E-state index in [0.29, 0.717) is 12.2 Å². The summed E-state index contributed by atoms with van der Waals surface area (Å²) in [6.07, 6.45) is 2.97. The van der Waals surface area contributed by atoms with E-state index >= 15 is 0 Å². The molecule has 2 heterocycles. The molecule has 3 rings (SSSR count). The van der Waals surface area contributed by atoms with Crippen molar-refractivity contribution in [2.75, 3.05) is 0 Å². The van der Waals surface area contributed by atoms with Crippen LogP contribution in [0.1, 0.15) is 36.9 Å². The first-order valence-electron chi connectivity index (χ1n) is 8.13. The Morgan fingerprint density at radius 2 is 2.21 bits per heavy atom. The minimum absolute atomic E-state index is 0.00351. The minimum atomic E-state index is -0.734. The lowest BCUT2D eigenvalue weighted by atomic mass is 9.87. The van der Waals surface area contributed by atoms with Gasteiger partial charge in [-0.15, -0.1) is 11.3 Å². The van der Waals surface area contributed by atoms with E-state index < -0.39 is 5.97 Å². The number of carbonyl (C=O) groups is 1. The van der Waals surface area contributed by atoms with Crippen LogP contribution in [-0.2, 0) is 11.4 Å². The van der Waals surface area contributed by atoms with Crippen LogP contribution in [0, 0.1) is 12.8 Å². The van der Waals surface area contributed by atoms with Crippen LogP contribution in [0.4, 0.5) is 0 Å². The highest BCUT2D eigenvalue weighted by Crippen LogP contribution is 2.32. The molecule has 0 aromatic carbocycles. The van der Waals surface area contributed by atoms with Crippen molar-refractivity contribution in [3.63, 3.8) is 0 Å². The van der Waals surface area contributed by atoms with Crippen molar-refractivity contribution in [3.8, 4) is 16.3 Å². The predicted octanol–water partition coefficient (Wildman–Crippen LogP) is 3.63. The molecule has 0 saturated heterocycles. The molecule has 1 aliphatic rings. The van der Waals surface area contributed by atoms with Gasteiger partial charge >= 0.3 is 5.97 Å². The quantitative estimate of drug-likeness (QED) is 0.863. The number of aliphatic hydroxyl groups excluding tert-OH is 1. The molecule has 0 aliphatic heterocycles. The van der Waals surface area contributed by atoms with Gasteiger partial charge in [0.15, 0.2) is 0 Å². The third-order valence-corrected chi connectivity index (χ3v) is 5.44. The van der Waals surface area contributed by atoms with Crippen LogP contribution in [-0.4, -0.2) is 27.3 Å². The van der Waals surface area contributed by atoms with Crippen LogP contribution in [0.2, 0.25) is 0 Å². The maximum atomic E-state index is 11.2. The second kappa shape index (κ2) is 7.32. The van der Waals surface area contributed by atoms with Crippen LogP contribution in [0.5, 0.6) is 5.75 Å². The summed E-state index contributed by atoms with van der Waals surface area (Å²) in [5, 5.41) is 20.5. The SMILES string of the molecule is Cc1nc(-c2sccc2CO)ccc1O[C@H]1CCC[C@H](C(=O)O)C1. The second-order valence-corrected chi connectivity index (χ2v) is 7.07. The van der Waals surface area contributed by atoms with Crippen LogP contribution in [0.3, 0.4) is 0 Å². The number of hydrogen-bond acceptors (Lipinski definition) is 5. The zero-order chi connectivity index (χ0) is 17.1. The molecule has 24 heavy (non-hydrogen) atoms. The van der Waals surface area contributed by atoms with Crippen LogP contribution in [0.25, 0.3) is 10.6 Å². The van der Waals surface area contributed by atoms with Crippen molar-refractivity contribution in [2.45, 2.75) is 45.3 Å². The number of hydrogen-bond donors (Lipinski definition) is 2. The Balaban J connectivity index is 1.74. The van der Waals surface area contributed by atoms with Gasteiger partial charge in [0.2, 0.25) is 0 Å². The molecule has 0 unspecified atom stereocenters. The Morgan fingerprint density at radius 3 is 2.92 bits per heavy atom. The monoisotopic (exact) mass is 347 g/mol. The van der Waals surface area contributed by atoms with E-state index in [2.05, 4.69) is 4.98 Å². The number of aryl methyl sites for hydroxylation is 1. The number of rotatable bonds is 5. The van der Waals surface area contributed by atoms with Crippen molar-refractivity contribution in [1.82, 2.24) is 4.98 Å². The van der Waals surface area contributed by atoms with Crippen molar-refractivity contribution in [3.05, 3.63) is 34.8 Å². The van der Waals surface area contributed by atoms with Crippen LogP contribution in [0.15, 0.2) is 23.6 Å². The largest absolute Gasteiger partial charge is 0.489 e. The zero-order valence-corrected chi connectivity index (χ0v) is 14.4. The van der Waals surface area contributed by atoms with E-state index in [9.17, 15) is 15.0 Å². The molecule has 1 saturated carbocycles. The van der Waals surface area contributed by atoms with E-state index in [1.54, 1.807) is 11.3 Å². The van der Waals surface area contributed by atoms with Gasteiger partial charge in [-0.05, 0) is 61.7 Å². The number of aliphatic carboxylic acids is 1. The minimum Gasteiger partial charge on any atom is -0.489 e. The fourth-order valence-electron chi connectivity index (χ4n) is 3.14. The Bertz CT molecular complexity index is 728. The van der Waals surface area contributed by atoms with E-state index in [1.165, 1.54) is 0 Å². The van der Waals surface area contributed by atoms with Gasteiger partial charge in [0.1, 0.15) is 5.75 Å². The first kappa shape index (κ1) is 16.9. The normalized spacial score (nSPS) is 20.8. The summed E-state index contributed by atoms with van der Waals surface area (Å²) in [6.45, 7) is 1.89. The van der Waals surface area contributed by atoms with Gasteiger partial charge in [0.05, 0.1) is 34.9 Å². The van der Waals surface area contributed by atoms with Crippen LogP contribution >= 0.6 is 11.3 Å². The van der Waals surface area contributed by atoms with Crippen LogP contribution < -0.4 is 4.74 Å². The average molecular weight is 347 g/mol. The van der Waals surface area contributed by atoms with Gasteiger partial charge in [0, 0.05) is 0 Å². The Morgan fingerprint density at radius 1 is 1.38 bits per heavy atom. The zero-order valence-electron chi connectivity index (χ0n) is 13.6. The Hall–Kier alpha value is -1.92. The van der Waals surface area contributed by atoms with Gasteiger partial charge in [-0.1, -0.05) is 0 Å². The Labute approximate surface area is 144 Å². The second-order valence-electron chi connectivity index (χ2n) is 6.15. The molecule has 6 heteroatoms. The van der Waals surface area contributed by atoms with Crippen molar-refractivity contribution >= 4 is 17.3 Å². The molecule has 0 radical (unpaired) electrons. The first-order chi connectivity index (χ1) is 11.6. The molecule has 0 amide bonds. The smallest absolute Gasteiger partial charge is 0.306 e. The van der Waals surface area contributed by atoms with Gasteiger partial charge in [-0.3, -0.25) is 4.79 Å². The standard InChI is InChI=1S/C18H21NO4S/c1-11-16(23-14-4-2-3-12(9-14)18(21)22)6-5-15(19-11)17-13(10-20)7-8-24-17/h5-8,12,14,20H,2-4,9-10H2,1H3,(H,21,22)/t12-,14-/m0/s1. The van der Waals surface area contributed by atoms with Crippen molar-refractivity contribution in [1.29, 1.82) is 0 Å². The molecule has 2 aromatic rings. The van der Waals surface area contributed by atoms with Crippen molar-refractivity contribution in [2.24, 2.45) is 5.92 Å². The van der Waals surface area contributed by atoms with E-state index in [1.807, 2.05) is 30.5 Å². The van der Waals surface area contributed by atoms with Gasteiger partial charge in [-0.25, -0.2) is 4.98 Å². The van der Waals surface area contributed by atoms with Gasteiger partial charge in [0.25, 0.3) is 0 Å². The lowest BCUT2D eigenvalue weighted by molar-refractivity contribution is -0.143. The summed E-state index contributed by atoms with van der Waals surface area (Å²) >= 11 is 1.55. The molecule has 2 N–H and O–H groups in total. The fourth-order valence-corrected chi connectivity index (χ4v) is 4.03. The molecule has 128 valence electrons. The molecule has 0 spiro atoms. The molecule has 2 aromatic heterocycles.